The zero-order valence-corrected chi connectivity index (χ0v) is 12.1. The molecular weight excluding hydrogens is 240 g/mol. The Labute approximate surface area is 114 Å². The summed E-state index contributed by atoms with van der Waals surface area (Å²) in [4.78, 5) is 18.3. The molecule has 1 saturated heterocycles. The molecule has 2 rings (SSSR count). The highest BCUT2D eigenvalue weighted by atomic mass is 16.4. The van der Waals surface area contributed by atoms with Gasteiger partial charge in [-0.3, -0.25) is 0 Å². The molecular formula is C15H22N2O2. The van der Waals surface area contributed by atoms with Gasteiger partial charge in [-0.1, -0.05) is 0 Å². The summed E-state index contributed by atoms with van der Waals surface area (Å²) < 4.78 is 0. The second-order valence-corrected chi connectivity index (χ2v) is 5.62. The molecule has 1 fully saturated rings. The lowest BCUT2D eigenvalue weighted by molar-refractivity contribution is 0.0696. The van der Waals surface area contributed by atoms with Gasteiger partial charge in [0, 0.05) is 17.8 Å². The van der Waals surface area contributed by atoms with Crippen LogP contribution in [0.1, 0.15) is 54.7 Å². The van der Waals surface area contributed by atoms with Crippen LogP contribution in [0.5, 0.6) is 0 Å². The predicted molar refractivity (Wildman–Crippen MR) is 75.9 cm³/mol. The smallest absolute Gasteiger partial charge is 0.339 e. The fraction of sp³-hybridized carbons (Fsp3) is 0.600. The summed E-state index contributed by atoms with van der Waals surface area (Å²) in [6.45, 7) is 8.07. The normalized spacial score (nSPS) is 23.5. The fourth-order valence-corrected chi connectivity index (χ4v) is 3.11. The van der Waals surface area contributed by atoms with E-state index in [1.807, 2.05) is 19.9 Å². The van der Waals surface area contributed by atoms with Gasteiger partial charge >= 0.3 is 5.97 Å². The maximum absolute atomic E-state index is 11.5. The first-order valence-electron chi connectivity index (χ1n) is 6.91. The monoisotopic (exact) mass is 262 g/mol. The van der Waals surface area contributed by atoms with E-state index in [2.05, 4.69) is 23.7 Å². The van der Waals surface area contributed by atoms with Gasteiger partial charge in [-0.15, -0.1) is 0 Å². The SMILES string of the molecule is Cc1cc(C)c(C(=O)O)c(N2[C@H](C)CCC[C@@H]2C)n1. The summed E-state index contributed by atoms with van der Waals surface area (Å²) in [7, 11) is 0. The number of carboxylic acid groups (broad SMARTS) is 1. The van der Waals surface area contributed by atoms with Crippen molar-refractivity contribution >= 4 is 11.8 Å². The van der Waals surface area contributed by atoms with Crippen LogP contribution < -0.4 is 4.90 Å². The molecule has 0 saturated carbocycles. The van der Waals surface area contributed by atoms with Crippen LogP contribution in [-0.2, 0) is 0 Å². The molecule has 104 valence electrons. The van der Waals surface area contributed by atoms with E-state index >= 15 is 0 Å². The topological polar surface area (TPSA) is 53.4 Å². The van der Waals surface area contributed by atoms with Crippen LogP contribution in [0.3, 0.4) is 0 Å². The van der Waals surface area contributed by atoms with Crippen LogP contribution in [0.2, 0.25) is 0 Å². The highest BCUT2D eigenvalue weighted by Gasteiger charge is 2.30. The second kappa shape index (κ2) is 5.19. The van der Waals surface area contributed by atoms with Crippen molar-refractivity contribution in [3.8, 4) is 0 Å². The van der Waals surface area contributed by atoms with E-state index in [1.165, 1.54) is 6.42 Å². The van der Waals surface area contributed by atoms with Crippen LogP contribution in [0.25, 0.3) is 0 Å². The predicted octanol–water partition coefficient (Wildman–Crippen LogP) is 3.16. The molecule has 1 aliphatic heterocycles. The molecule has 1 N–H and O–H groups in total. The van der Waals surface area contributed by atoms with Gasteiger partial charge in [0.1, 0.15) is 11.4 Å². The minimum atomic E-state index is -0.884. The molecule has 0 spiro atoms. The van der Waals surface area contributed by atoms with E-state index in [0.29, 0.717) is 23.5 Å². The van der Waals surface area contributed by atoms with Gasteiger partial charge in [-0.05, 0) is 58.6 Å². The van der Waals surface area contributed by atoms with Crippen LogP contribution in [-0.4, -0.2) is 28.1 Å². The third-order valence-corrected chi connectivity index (χ3v) is 3.98. The Hall–Kier alpha value is -1.58. The Morgan fingerprint density at radius 3 is 2.42 bits per heavy atom. The van der Waals surface area contributed by atoms with Crippen LogP contribution >= 0.6 is 0 Å². The molecule has 0 aliphatic carbocycles. The Morgan fingerprint density at radius 2 is 1.89 bits per heavy atom. The standard InChI is InChI=1S/C15H22N2O2/c1-9-8-10(2)16-14(13(9)15(18)19)17-11(3)6-5-7-12(17)4/h8,11-12H,5-7H2,1-4H3,(H,18,19)/t11-,12+. The van der Waals surface area contributed by atoms with Gasteiger partial charge < -0.3 is 10.0 Å². The van der Waals surface area contributed by atoms with E-state index in [1.54, 1.807) is 0 Å². The summed E-state index contributed by atoms with van der Waals surface area (Å²) >= 11 is 0. The lowest BCUT2D eigenvalue weighted by Crippen LogP contribution is -2.45. The lowest BCUT2D eigenvalue weighted by Gasteiger charge is -2.40. The number of hydrogen-bond acceptors (Lipinski definition) is 3. The molecule has 1 aromatic rings. The third-order valence-electron chi connectivity index (χ3n) is 3.98. The van der Waals surface area contributed by atoms with E-state index in [-0.39, 0.29) is 0 Å². The number of carboxylic acids is 1. The molecule has 0 amide bonds. The van der Waals surface area contributed by atoms with Gasteiger partial charge in [-0.25, -0.2) is 9.78 Å². The zero-order valence-electron chi connectivity index (χ0n) is 12.1. The Balaban J connectivity index is 2.56. The van der Waals surface area contributed by atoms with Crippen LogP contribution in [0.15, 0.2) is 6.07 Å². The zero-order chi connectivity index (χ0) is 14.2. The number of hydrogen-bond donors (Lipinski definition) is 1. The molecule has 4 heteroatoms. The molecule has 0 aromatic carbocycles. The number of rotatable bonds is 2. The summed E-state index contributed by atoms with van der Waals surface area (Å²) in [6, 6.07) is 2.53. The van der Waals surface area contributed by atoms with Crippen molar-refractivity contribution < 1.29 is 9.90 Å². The first-order valence-corrected chi connectivity index (χ1v) is 6.91. The van der Waals surface area contributed by atoms with Gasteiger partial charge in [0.25, 0.3) is 0 Å². The first kappa shape index (κ1) is 13.8. The average molecular weight is 262 g/mol. The van der Waals surface area contributed by atoms with Crippen molar-refractivity contribution in [1.29, 1.82) is 0 Å². The van der Waals surface area contributed by atoms with E-state index in [9.17, 15) is 9.90 Å². The first-order chi connectivity index (χ1) is 8.91. The number of carbonyl (C=O) groups is 1. The Bertz CT molecular complexity index is 489. The third kappa shape index (κ3) is 2.57. The quantitative estimate of drug-likeness (QED) is 0.889. The summed E-state index contributed by atoms with van der Waals surface area (Å²) in [5, 5.41) is 9.47. The van der Waals surface area contributed by atoms with Crippen LogP contribution in [0, 0.1) is 13.8 Å². The molecule has 1 aromatic heterocycles. The molecule has 0 unspecified atom stereocenters. The van der Waals surface area contributed by atoms with Crippen molar-refractivity contribution in [2.75, 3.05) is 4.90 Å². The number of pyridine rings is 1. The lowest BCUT2D eigenvalue weighted by atomic mass is 9.96. The summed E-state index contributed by atoms with van der Waals surface area (Å²) in [6.07, 6.45) is 3.39. The number of aryl methyl sites for hydroxylation is 2. The largest absolute Gasteiger partial charge is 0.478 e. The molecule has 0 radical (unpaired) electrons. The molecule has 2 heterocycles. The molecule has 2 atom stereocenters. The Kier molecular flexibility index (Phi) is 3.78. The molecule has 4 nitrogen and oxygen atoms in total. The Morgan fingerprint density at radius 1 is 1.32 bits per heavy atom. The fourth-order valence-electron chi connectivity index (χ4n) is 3.11. The number of piperidine rings is 1. The maximum atomic E-state index is 11.5. The van der Waals surface area contributed by atoms with E-state index < -0.39 is 5.97 Å². The van der Waals surface area contributed by atoms with Crippen molar-refractivity contribution in [3.05, 3.63) is 22.9 Å². The minimum Gasteiger partial charge on any atom is -0.478 e. The summed E-state index contributed by atoms with van der Waals surface area (Å²) in [5.41, 5.74) is 2.02. The van der Waals surface area contributed by atoms with E-state index in [0.717, 1.165) is 24.1 Å². The van der Waals surface area contributed by atoms with Gasteiger partial charge in [-0.2, -0.15) is 0 Å². The molecule has 19 heavy (non-hydrogen) atoms. The highest BCUT2D eigenvalue weighted by Crippen LogP contribution is 2.31. The summed E-state index contributed by atoms with van der Waals surface area (Å²) in [5.74, 6) is -0.241. The van der Waals surface area contributed by atoms with Gasteiger partial charge in [0.2, 0.25) is 0 Å². The number of anilines is 1. The second-order valence-electron chi connectivity index (χ2n) is 5.62. The van der Waals surface area contributed by atoms with Gasteiger partial charge in [0.05, 0.1) is 0 Å². The molecule has 1 aliphatic rings. The van der Waals surface area contributed by atoms with Crippen molar-refractivity contribution in [3.63, 3.8) is 0 Å². The van der Waals surface area contributed by atoms with Crippen LogP contribution in [0.4, 0.5) is 5.82 Å². The number of aromatic carboxylic acids is 1. The van der Waals surface area contributed by atoms with Gasteiger partial charge in [0.15, 0.2) is 0 Å². The maximum Gasteiger partial charge on any atom is 0.339 e. The van der Waals surface area contributed by atoms with Crippen molar-refractivity contribution in [2.45, 2.75) is 59.0 Å². The minimum absolute atomic E-state index is 0.343. The number of aromatic nitrogens is 1. The average Bonchev–Trinajstić information content (AvgIpc) is 2.26. The van der Waals surface area contributed by atoms with Crippen molar-refractivity contribution in [1.82, 2.24) is 4.98 Å². The highest BCUT2D eigenvalue weighted by molar-refractivity contribution is 5.95. The van der Waals surface area contributed by atoms with Crippen molar-refractivity contribution in [2.24, 2.45) is 0 Å². The number of nitrogens with zero attached hydrogens (tertiary/aromatic N) is 2. The molecule has 0 bridgehead atoms. The van der Waals surface area contributed by atoms with E-state index in [4.69, 9.17) is 0 Å².